The second-order valence-electron chi connectivity index (χ2n) is 3.57. The van der Waals surface area contributed by atoms with Crippen LogP contribution in [0.15, 0.2) is 30.3 Å². The molecule has 0 aliphatic carbocycles. The van der Waals surface area contributed by atoms with Crippen LogP contribution in [0.25, 0.3) is 0 Å². The van der Waals surface area contributed by atoms with Crippen LogP contribution in [0.3, 0.4) is 0 Å². The van der Waals surface area contributed by atoms with Gasteiger partial charge in [0.05, 0.1) is 19.2 Å². The van der Waals surface area contributed by atoms with Crippen LogP contribution in [0.4, 0.5) is 5.69 Å². The van der Waals surface area contributed by atoms with E-state index in [0.29, 0.717) is 0 Å². The van der Waals surface area contributed by atoms with Gasteiger partial charge in [-0.25, -0.2) is 0 Å². The highest BCUT2D eigenvalue weighted by atomic mass is 16.3. The first kappa shape index (κ1) is 12.5. The van der Waals surface area contributed by atoms with Crippen molar-refractivity contribution in [2.24, 2.45) is 0 Å². The lowest BCUT2D eigenvalue weighted by atomic mass is 10.2. The molecule has 1 rings (SSSR count). The third kappa shape index (κ3) is 4.31. The van der Waals surface area contributed by atoms with Crippen LogP contribution in [0, 0.1) is 0 Å². The van der Waals surface area contributed by atoms with Crippen LogP contribution in [-0.4, -0.2) is 30.2 Å². The van der Waals surface area contributed by atoms with E-state index in [2.05, 4.69) is 10.6 Å². The summed E-state index contributed by atoms with van der Waals surface area (Å²) >= 11 is 0. The molecule has 88 valence electrons. The van der Waals surface area contributed by atoms with E-state index in [1.165, 1.54) is 0 Å². The zero-order valence-electron chi connectivity index (χ0n) is 9.44. The molecule has 3 N–H and O–H groups in total. The molecule has 0 heterocycles. The maximum absolute atomic E-state index is 11.5. The summed E-state index contributed by atoms with van der Waals surface area (Å²) in [6.07, 6.45) is 0.730. The van der Waals surface area contributed by atoms with Crippen LogP contribution in [0.1, 0.15) is 13.3 Å². The van der Waals surface area contributed by atoms with Crippen molar-refractivity contribution in [1.29, 1.82) is 0 Å². The van der Waals surface area contributed by atoms with Crippen molar-refractivity contribution in [2.75, 3.05) is 18.5 Å². The third-order valence-corrected chi connectivity index (χ3v) is 2.31. The molecular weight excluding hydrogens is 204 g/mol. The number of aliphatic hydroxyl groups excluding tert-OH is 1. The van der Waals surface area contributed by atoms with Gasteiger partial charge in [0.15, 0.2) is 0 Å². The van der Waals surface area contributed by atoms with Crippen molar-refractivity contribution in [1.82, 2.24) is 5.32 Å². The molecule has 0 saturated carbocycles. The van der Waals surface area contributed by atoms with E-state index in [-0.39, 0.29) is 25.1 Å². The summed E-state index contributed by atoms with van der Waals surface area (Å²) < 4.78 is 0. The van der Waals surface area contributed by atoms with Gasteiger partial charge in [-0.3, -0.25) is 4.79 Å². The standard InChI is InChI=1S/C12H18N2O2/c1-2-10(9-15)14-12(16)8-13-11-6-4-3-5-7-11/h3-7,10,13,15H,2,8-9H2,1H3,(H,14,16)/t10-/m1/s1. The minimum atomic E-state index is -0.148. The van der Waals surface area contributed by atoms with Gasteiger partial charge < -0.3 is 15.7 Å². The van der Waals surface area contributed by atoms with E-state index in [9.17, 15) is 4.79 Å². The van der Waals surface area contributed by atoms with Crippen molar-refractivity contribution in [3.63, 3.8) is 0 Å². The Hall–Kier alpha value is -1.55. The fourth-order valence-electron chi connectivity index (χ4n) is 1.29. The Labute approximate surface area is 95.7 Å². The number of carbonyl (C=O) groups excluding carboxylic acids is 1. The highest BCUT2D eigenvalue weighted by Gasteiger charge is 2.08. The van der Waals surface area contributed by atoms with Gasteiger partial charge in [-0.1, -0.05) is 25.1 Å². The van der Waals surface area contributed by atoms with Gasteiger partial charge in [0.2, 0.25) is 5.91 Å². The van der Waals surface area contributed by atoms with Crippen molar-refractivity contribution < 1.29 is 9.90 Å². The Morgan fingerprint density at radius 3 is 2.62 bits per heavy atom. The molecule has 1 atom stereocenters. The lowest BCUT2D eigenvalue weighted by molar-refractivity contribution is -0.120. The summed E-state index contributed by atoms with van der Waals surface area (Å²) in [5.41, 5.74) is 0.912. The first-order valence-corrected chi connectivity index (χ1v) is 5.45. The van der Waals surface area contributed by atoms with Crippen molar-refractivity contribution >= 4 is 11.6 Å². The summed E-state index contributed by atoms with van der Waals surface area (Å²) in [5.74, 6) is -0.107. The van der Waals surface area contributed by atoms with Crippen molar-refractivity contribution in [2.45, 2.75) is 19.4 Å². The first-order valence-electron chi connectivity index (χ1n) is 5.45. The van der Waals surface area contributed by atoms with Crippen LogP contribution >= 0.6 is 0 Å². The fraction of sp³-hybridized carbons (Fsp3) is 0.417. The summed E-state index contributed by atoms with van der Waals surface area (Å²) in [6.45, 7) is 2.12. The summed E-state index contributed by atoms with van der Waals surface area (Å²) in [6, 6.07) is 9.38. The van der Waals surface area contributed by atoms with Crippen molar-refractivity contribution in [3.05, 3.63) is 30.3 Å². The molecule has 0 saturated heterocycles. The number of hydrogen-bond donors (Lipinski definition) is 3. The normalized spacial score (nSPS) is 11.9. The lowest BCUT2D eigenvalue weighted by Crippen LogP contribution is -2.40. The molecule has 1 aromatic carbocycles. The number of aliphatic hydroxyl groups is 1. The smallest absolute Gasteiger partial charge is 0.239 e. The van der Waals surface area contributed by atoms with Gasteiger partial charge in [-0.15, -0.1) is 0 Å². The predicted octanol–water partition coefficient (Wildman–Crippen LogP) is 0.986. The molecule has 0 spiro atoms. The number of carbonyl (C=O) groups is 1. The maximum Gasteiger partial charge on any atom is 0.239 e. The number of nitrogens with one attached hydrogen (secondary N) is 2. The van der Waals surface area contributed by atoms with Gasteiger partial charge >= 0.3 is 0 Å². The van der Waals surface area contributed by atoms with E-state index >= 15 is 0 Å². The summed E-state index contributed by atoms with van der Waals surface area (Å²) in [4.78, 5) is 11.5. The molecule has 1 amide bonds. The molecular formula is C12H18N2O2. The van der Waals surface area contributed by atoms with Gasteiger partial charge in [-0.2, -0.15) is 0 Å². The molecule has 0 aromatic heterocycles. The van der Waals surface area contributed by atoms with Gasteiger partial charge in [0, 0.05) is 5.69 Å². The molecule has 0 radical (unpaired) electrons. The number of para-hydroxylation sites is 1. The quantitative estimate of drug-likeness (QED) is 0.672. The minimum absolute atomic E-state index is 0.0203. The van der Waals surface area contributed by atoms with Crippen molar-refractivity contribution in [3.8, 4) is 0 Å². The highest BCUT2D eigenvalue weighted by Crippen LogP contribution is 2.03. The van der Waals surface area contributed by atoms with Crippen LogP contribution in [-0.2, 0) is 4.79 Å². The van der Waals surface area contributed by atoms with Gasteiger partial charge in [-0.05, 0) is 18.6 Å². The molecule has 16 heavy (non-hydrogen) atoms. The van der Waals surface area contributed by atoms with Gasteiger partial charge in [0.1, 0.15) is 0 Å². The maximum atomic E-state index is 11.5. The molecule has 0 fully saturated rings. The Morgan fingerprint density at radius 1 is 1.38 bits per heavy atom. The average molecular weight is 222 g/mol. The van der Waals surface area contributed by atoms with Crippen LogP contribution in [0.5, 0.6) is 0 Å². The second-order valence-corrected chi connectivity index (χ2v) is 3.57. The monoisotopic (exact) mass is 222 g/mol. The number of hydrogen-bond acceptors (Lipinski definition) is 3. The molecule has 0 aliphatic rings. The topological polar surface area (TPSA) is 61.4 Å². The summed E-state index contributed by atoms with van der Waals surface area (Å²) in [7, 11) is 0. The van der Waals surface area contributed by atoms with Crippen LogP contribution in [0.2, 0.25) is 0 Å². The SMILES string of the molecule is CC[C@H](CO)NC(=O)CNc1ccccc1. The Balaban J connectivity index is 2.30. The van der Waals surface area contributed by atoms with E-state index < -0.39 is 0 Å². The Kier molecular flexibility index (Phi) is 5.36. The molecule has 0 unspecified atom stereocenters. The number of benzene rings is 1. The largest absolute Gasteiger partial charge is 0.394 e. The predicted molar refractivity (Wildman–Crippen MR) is 64.2 cm³/mol. The van der Waals surface area contributed by atoms with E-state index in [4.69, 9.17) is 5.11 Å². The number of rotatable bonds is 6. The average Bonchev–Trinajstić information content (AvgIpc) is 2.34. The highest BCUT2D eigenvalue weighted by molar-refractivity contribution is 5.80. The summed E-state index contributed by atoms with van der Waals surface area (Å²) in [5, 5.41) is 14.7. The van der Waals surface area contributed by atoms with E-state index in [1.807, 2.05) is 37.3 Å². The van der Waals surface area contributed by atoms with E-state index in [0.717, 1.165) is 12.1 Å². The number of amides is 1. The fourth-order valence-corrected chi connectivity index (χ4v) is 1.29. The molecule has 4 nitrogen and oxygen atoms in total. The zero-order valence-corrected chi connectivity index (χ0v) is 9.44. The molecule has 4 heteroatoms. The second kappa shape index (κ2) is 6.85. The lowest BCUT2D eigenvalue weighted by Gasteiger charge is -2.14. The van der Waals surface area contributed by atoms with Gasteiger partial charge in [0.25, 0.3) is 0 Å². The van der Waals surface area contributed by atoms with Crippen LogP contribution < -0.4 is 10.6 Å². The first-order chi connectivity index (χ1) is 7.76. The Bertz CT molecular complexity index is 310. The zero-order chi connectivity index (χ0) is 11.8. The molecule has 1 aromatic rings. The number of anilines is 1. The molecule has 0 aliphatic heterocycles. The third-order valence-electron chi connectivity index (χ3n) is 2.31. The molecule has 0 bridgehead atoms. The minimum Gasteiger partial charge on any atom is -0.394 e. The van der Waals surface area contributed by atoms with E-state index in [1.54, 1.807) is 0 Å². The Morgan fingerprint density at radius 2 is 2.06 bits per heavy atom.